The molecule has 170 valence electrons. The number of rotatable bonds is 5. The summed E-state index contributed by atoms with van der Waals surface area (Å²) in [7, 11) is 0. The van der Waals surface area contributed by atoms with Gasteiger partial charge >= 0.3 is 0 Å². The van der Waals surface area contributed by atoms with Crippen molar-refractivity contribution in [2.24, 2.45) is 10.2 Å². The fourth-order valence-electron chi connectivity index (χ4n) is 3.95. The van der Waals surface area contributed by atoms with Gasteiger partial charge in [-0.15, -0.1) is 10.2 Å². The van der Waals surface area contributed by atoms with Crippen LogP contribution in [0.3, 0.4) is 0 Å². The highest BCUT2D eigenvalue weighted by Crippen LogP contribution is 2.37. The largest absolute Gasteiger partial charge is 0.493 e. The van der Waals surface area contributed by atoms with Crippen LogP contribution in [0.1, 0.15) is 62.7 Å². The number of hydrogen-bond acceptors (Lipinski definition) is 7. The minimum absolute atomic E-state index is 0.0418. The second-order valence-electron chi connectivity index (χ2n) is 7.81. The molecule has 0 radical (unpaired) electrons. The van der Waals surface area contributed by atoms with Crippen LogP contribution in [0, 0.1) is 18.3 Å². The molecule has 1 aliphatic rings. The third kappa shape index (κ3) is 3.60. The monoisotopic (exact) mass is 474 g/mol. The molecule has 0 fully saturated rings. The number of benzene rings is 2. The molecule has 0 saturated carbocycles. The second-order valence-corrected chi connectivity index (χ2v) is 8.22. The average molecular weight is 475 g/mol. The maximum absolute atomic E-state index is 13.3. The molecule has 0 atom stereocenters. The Hall–Kier alpha value is -4.09. The van der Waals surface area contributed by atoms with Gasteiger partial charge in [-0.1, -0.05) is 49.2 Å². The molecule has 1 aromatic heterocycles. The zero-order chi connectivity index (χ0) is 24.6. The van der Waals surface area contributed by atoms with Crippen LogP contribution in [-0.4, -0.2) is 21.2 Å². The average Bonchev–Trinajstić information content (AvgIpc) is 2.82. The van der Waals surface area contributed by atoms with Gasteiger partial charge in [-0.25, -0.2) is 0 Å². The Morgan fingerprint density at radius 3 is 2.38 bits per heavy atom. The lowest BCUT2D eigenvalue weighted by Crippen LogP contribution is -2.22. The van der Waals surface area contributed by atoms with E-state index in [4.69, 9.17) is 11.6 Å². The number of ketones is 2. The molecule has 1 aliphatic carbocycles. The molecule has 1 heterocycles. The maximum Gasteiger partial charge on any atom is 0.281 e. The van der Waals surface area contributed by atoms with E-state index in [9.17, 15) is 24.8 Å². The molecule has 0 unspecified atom stereocenters. The van der Waals surface area contributed by atoms with Gasteiger partial charge in [0, 0.05) is 23.2 Å². The lowest BCUT2D eigenvalue weighted by atomic mass is 9.83. The summed E-state index contributed by atoms with van der Waals surface area (Å²) in [5, 5.41) is 28.3. The van der Waals surface area contributed by atoms with Gasteiger partial charge in [-0.3, -0.25) is 19.0 Å². The number of fused-ring (bicyclic) bond motifs is 2. The number of hydrogen-bond donors (Lipinski definition) is 1. The van der Waals surface area contributed by atoms with Crippen molar-refractivity contribution in [2.75, 3.05) is 0 Å². The number of carbonyl (C=O) groups excluding carboxylic acids is 2. The van der Waals surface area contributed by atoms with Crippen molar-refractivity contribution in [3.8, 4) is 11.9 Å². The van der Waals surface area contributed by atoms with Gasteiger partial charge in [0.25, 0.3) is 5.56 Å². The maximum atomic E-state index is 13.3. The van der Waals surface area contributed by atoms with Crippen LogP contribution in [0.5, 0.6) is 5.88 Å². The molecule has 34 heavy (non-hydrogen) atoms. The number of aromatic hydroxyl groups is 1. The van der Waals surface area contributed by atoms with Crippen molar-refractivity contribution in [3.05, 3.63) is 85.2 Å². The van der Waals surface area contributed by atoms with E-state index >= 15 is 0 Å². The number of carbonyl (C=O) groups is 2. The fraction of sp³-hybridized carbons (Fsp3) is 0.200. The molecule has 4 rings (SSSR count). The summed E-state index contributed by atoms with van der Waals surface area (Å²) in [5.41, 5.74) is -0.0369. The highest BCUT2D eigenvalue weighted by atomic mass is 35.5. The van der Waals surface area contributed by atoms with Crippen molar-refractivity contribution < 1.29 is 14.7 Å². The summed E-state index contributed by atoms with van der Waals surface area (Å²) >= 11 is 6.22. The molecule has 3 aromatic rings. The highest BCUT2D eigenvalue weighted by Gasteiger charge is 2.33. The lowest BCUT2D eigenvalue weighted by Gasteiger charge is -2.19. The first-order valence-electron chi connectivity index (χ1n) is 10.6. The van der Waals surface area contributed by atoms with E-state index in [1.807, 2.05) is 13.0 Å². The molecule has 1 N–H and O–H groups in total. The SMILES string of the molecule is CCCCn1c(O)c(C#N)c(C)c(N=Nc2cccc3c2C(=O)c2c(Cl)cccc2C3=O)c1=O. The van der Waals surface area contributed by atoms with Gasteiger partial charge in [0.15, 0.2) is 17.3 Å². The van der Waals surface area contributed by atoms with Gasteiger partial charge in [-0.2, -0.15) is 5.26 Å². The number of unbranched alkanes of at least 4 members (excludes halogenated alkanes) is 1. The van der Waals surface area contributed by atoms with Crippen molar-refractivity contribution in [1.82, 2.24) is 4.57 Å². The predicted octanol–water partition coefficient (Wildman–Crippen LogP) is 5.38. The van der Waals surface area contributed by atoms with Crippen molar-refractivity contribution in [3.63, 3.8) is 0 Å². The van der Waals surface area contributed by atoms with E-state index in [1.54, 1.807) is 18.2 Å². The zero-order valence-electron chi connectivity index (χ0n) is 18.4. The molecule has 2 aromatic carbocycles. The van der Waals surface area contributed by atoms with Crippen LogP contribution in [0.4, 0.5) is 11.4 Å². The van der Waals surface area contributed by atoms with E-state index in [0.717, 1.165) is 11.0 Å². The van der Waals surface area contributed by atoms with Gasteiger partial charge in [-0.05, 0) is 25.5 Å². The smallest absolute Gasteiger partial charge is 0.281 e. The number of nitrogens with zero attached hydrogens (tertiary/aromatic N) is 4. The summed E-state index contributed by atoms with van der Waals surface area (Å²) in [6.07, 6.45) is 1.38. The molecular weight excluding hydrogens is 456 g/mol. The second kappa shape index (κ2) is 9.04. The van der Waals surface area contributed by atoms with Crippen molar-refractivity contribution in [1.29, 1.82) is 5.26 Å². The normalized spacial score (nSPS) is 12.5. The Bertz CT molecular complexity index is 1500. The highest BCUT2D eigenvalue weighted by molar-refractivity contribution is 6.39. The molecule has 0 amide bonds. The number of azo groups is 1. The predicted molar refractivity (Wildman–Crippen MR) is 126 cm³/mol. The van der Waals surface area contributed by atoms with E-state index in [1.165, 1.54) is 25.1 Å². The van der Waals surface area contributed by atoms with Crippen LogP contribution < -0.4 is 5.56 Å². The van der Waals surface area contributed by atoms with Crippen molar-refractivity contribution in [2.45, 2.75) is 33.2 Å². The minimum atomic E-state index is -0.605. The Morgan fingerprint density at radius 2 is 1.71 bits per heavy atom. The summed E-state index contributed by atoms with van der Waals surface area (Å²) in [6.45, 7) is 3.63. The minimum Gasteiger partial charge on any atom is -0.493 e. The van der Waals surface area contributed by atoms with E-state index in [-0.39, 0.29) is 62.1 Å². The number of aromatic nitrogens is 1. The number of pyridine rings is 1. The number of nitriles is 1. The molecule has 8 nitrogen and oxygen atoms in total. The Balaban J connectivity index is 1.87. The lowest BCUT2D eigenvalue weighted by molar-refractivity contribution is 0.0979. The quantitative estimate of drug-likeness (QED) is 0.389. The summed E-state index contributed by atoms with van der Waals surface area (Å²) in [6, 6.07) is 11.2. The molecule has 0 saturated heterocycles. The standard InChI is InChI=1S/C25H19ClN4O4/c1-3-4-11-30-24(33)16(12-27)13(2)21(25(30)34)29-28-18-10-6-8-15-20(18)23(32)19-14(22(15)31)7-5-9-17(19)26/h5-10,33H,3-4,11H2,1-2H3. The zero-order valence-corrected chi connectivity index (χ0v) is 19.2. The van der Waals surface area contributed by atoms with E-state index in [0.29, 0.717) is 6.42 Å². The van der Waals surface area contributed by atoms with Crippen LogP contribution in [-0.2, 0) is 6.54 Å². The van der Waals surface area contributed by atoms with Gasteiger partial charge in [0.2, 0.25) is 5.88 Å². The Kier molecular flexibility index (Phi) is 6.14. The Morgan fingerprint density at radius 1 is 1.03 bits per heavy atom. The molecular formula is C25H19ClN4O4. The first kappa shape index (κ1) is 23.1. The van der Waals surface area contributed by atoms with Crippen LogP contribution in [0.25, 0.3) is 0 Å². The molecule has 0 bridgehead atoms. The van der Waals surface area contributed by atoms with Gasteiger partial charge in [0.1, 0.15) is 11.6 Å². The molecule has 0 spiro atoms. The van der Waals surface area contributed by atoms with Gasteiger partial charge < -0.3 is 5.11 Å². The van der Waals surface area contributed by atoms with Crippen LogP contribution >= 0.6 is 11.6 Å². The topological polar surface area (TPSA) is 125 Å². The fourth-order valence-corrected chi connectivity index (χ4v) is 4.21. The molecule has 0 aliphatic heterocycles. The first-order valence-corrected chi connectivity index (χ1v) is 11.0. The van der Waals surface area contributed by atoms with E-state index in [2.05, 4.69) is 10.2 Å². The Labute approximate surface area is 199 Å². The third-order valence-corrected chi connectivity index (χ3v) is 6.08. The summed E-state index contributed by atoms with van der Waals surface area (Å²) in [4.78, 5) is 39.3. The summed E-state index contributed by atoms with van der Waals surface area (Å²) < 4.78 is 1.09. The van der Waals surface area contributed by atoms with E-state index < -0.39 is 17.2 Å². The molecule has 9 heteroatoms. The summed E-state index contributed by atoms with van der Waals surface area (Å²) in [5.74, 6) is -1.24. The first-order chi connectivity index (χ1) is 16.3. The van der Waals surface area contributed by atoms with Crippen molar-refractivity contribution >= 4 is 34.5 Å². The third-order valence-electron chi connectivity index (χ3n) is 5.76. The van der Waals surface area contributed by atoms with Gasteiger partial charge in [0.05, 0.1) is 21.8 Å². The number of halogens is 1. The van der Waals surface area contributed by atoms with Crippen LogP contribution in [0.15, 0.2) is 51.4 Å². The van der Waals surface area contributed by atoms with Crippen LogP contribution in [0.2, 0.25) is 5.02 Å².